The molecule has 0 fully saturated rings. The van der Waals surface area contributed by atoms with E-state index in [0.29, 0.717) is 5.92 Å². The zero-order chi connectivity index (χ0) is 21.0. The van der Waals surface area contributed by atoms with Crippen LogP contribution in [0.5, 0.6) is 0 Å². The summed E-state index contributed by atoms with van der Waals surface area (Å²) in [5.74, 6) is -0.125. The third kappa shape index (κ3) is 4.52. The molecule has 1 heteroatoms. The van der Waals surface area contributed by atoms with Crippen LogP contribution in [-0.4, -0.2) is 0 Å². The Morgan fingerprint density at radius 1 is 1.11 bits per heavy atom. The smallest absolute Gasteiger partial charge is 0.116 e. The van der Waals surface area contributed by atoms with Crippen LogP contribution in [0.25, 0.3) is 17.7 Å². The molecule has 0 aliphatic heterocycles. The summed E-state index contributed by atoms with van der Waals surface area (Å²) in [6.07, 6.45) is 12.2. The van der Waals surface area contributed by atoms with Gasteiger partial charge in [-0.25, -0.2) is 4.39 Å². The standard InChI is InChI=1S/C27H33F/c1-9-22-13-14-24(21(22)8)12-11-18(5)27-25(16-20(7)28)23(10-2)15-19(6)26(27)17(3)4/h9-12,15-17H,5,7,13-14H2,1-4,6,8H3/b12-11-,22-9-,23-10-,25-16+. The van der Waals surface area contributed by atoms with Crippen LogP contribution in [0.3, 0.4) is 0 Å². The van der Waals surface area contributed by atoms with Gasteiger partial charge in [-0.15, -0.1) is 0 Å². The third-order valence-corrected chi connectivity index (χ3v) is 5.62. The van der Waals surface area contributed by atoms with Crippen LogP contribution in [0.15, 0.2) is 60.0 Å². The summed E-state index contributed by atoms with van der Waals surface area (Å²) in [5.41, 5.74) is 8.52. The summed E-state index contributed by atoms with van der Waals surface area (Å²) in [6.45, 7) is 20.6. The largest absolute Gasteiger partial charge is 0.208 e. The van der Waals surface area contributed by atoms with Gasteiger partial charge in [-0.05, 0) is 102 Å². The van der Waals surface area contributed by atoms with Crippen LogP contribution in [0, 0.1) is 6.92 Å². The van der Waals surface area contributed by atoms with Crippen LogP contribution in [0.4, 0.5) is 4.39 Å². The zero-order valence-corrected chi connectivity index (χ0v) is 18.2. The van der Waals surface area contributed by atoms with Gasteiger partial charge < -0.3 is 0 Å². The van der Waals surface area contributed by atoms with E-state index in [1.807, 2.05) is 13.0 Å². The fraction of sp³-hybridized carbons (Fsp3) is 0.333. The Balaban J connectivity index is 2.71. The van der Waals surface area contributed by atoms with Crippen molar-refractivity contribution < 1.29 is 4.39 Å². The number of halogens is 1. The van der Waals surface area contributed by atoms with E-state index in [1.165, 1.54) is 33.9 Å². The molecule has 0 N–H and O–H groups in total. The molecule has 1 aromatic rings. The molecular weight excluding hydrogens is 343 g/mol. The first-order valence-corrected chi connectivity index (χ1v) is 10.1. The van der Waals surface area contributed by atoms with Gasteiger partial charge in [0.1, 0.15) is 5.83 Å². The van der Waals surface area contributed by atoms with Crippen molar-refractivity contribution in [1.82, 2.24) is 0 Å². The molecule has 0 nitrogen and oxygen atoms in total. The monoisotopic (exact) mass is 376 g/mol. The van der Waals surface area contributed by atoms with Gasteiger partial charge in [0, 0.05) is 0 Å². The lowest BCUT2D eigenvalue weighted by Crippen LogP contribution is -2.31. The van der Waals surface area contributed by atoms with Crippen molar-refractivity contribution in [2.45, 2.75) is 60.3 Å². The van der Waals surface area contributed by atoms with E-state index in [-0.39, 0.29) is 0 Å². The second-order valence-corrected chi connectivity index (χ2v) is 7.84. The van der Waals surface area contributed by atoms with E-state index >= 15 is 0 Å². The lowest BCUT2D eigenvalue weighted by molar-refractivity contribution is 0.683. The molecule has 0 heterocycles. The molecule has 0 atom stereocenters. The topological polar surface area (TPSA) is 0 Å². The molecule has 1 aliphatic carbocycles. The van der Waals surface area contributed by atoms with Crippen molar-refractivity contribution in [2.75, 3.05) is 0 Å². The second-order valence-electron chi connectivity index (χ2n) is 7.84. The Morgan fingerprint density at radius 2 is 1.79 bits per heavy atom. The van der Waals surface area contributed by atoms with E-state index < -0.39 is 5.83 Å². The van der Waals surface area contributed by atoms with Gasteiger partial charge in [-0.2, -0.15) is 0 Å². The highest BCUT2D eigenvalue weighted by molar-refractivity contribution is 5.78. The van der Waals surface area contributed by atoms with Crippen LogP contribution in [0.1, 0.15) is 70.1 Å². The highest BCUT2D eigenvalue weighted by atomic mass is 19.1. The Kier molecular flexibility index (Phi) is 7.18. The minimum atomic E-state index is -0.438. The normalized spacial score (nSPS) is 17.6. The maximum absolute atomic E-state index is 13.8. The minimum Gasteiger partial charge on any atom is -0.208 e. The third-order valence-electron chi connectivity index (χ3n) is 5.62. The second kappa shape index (κ2) is 9.19. The number of allylic oxidation sites excluding steroid dienone is 8. The molecule has 1 aromatic carbocycles. The van der Waals surface area contributed by atoms with Crippen molar-refractivity contribution in [3.05, 3.63) is 87.1 Å². The molecule has 0 bridgehead atoms. The van der Waals surface area contributed by atoms with E-state index in [4.69, 9.17) is 0 Å². The average molecular weight is 377 g/mol. The molecule has 2 rings (SSSR count). The fourth-order valence-corrected chi connectivity index (χ4v) is 4.22. The number of hydrogen-bond donors (Lipinski definition) is 0. The van der Waals surface area contributed by atoms with Gasteiger partial charge in [0.2, 0.25) is 0 Å². The van der Waals surface area contributed by atoms with E-state index in [2.05, 4.69) is 72.1 Å². The molecule has 148 valence electrons. The van der Waals surface area contributed by atoms with Gasteiger partial charge in [0.15, 0.2) is 0 Å². The van der Waals surface area contributed by atoms with Crippen molar-refractivity contribution >= 4 is 17.7 Å². The number of rotatable bonds is 5. The van der Waals surface area contributed by atoms with Gasteiger partial charge in [-0.1, -0.05) is 57.4 Å². The molecular formula is C27H33F. The Labute approximate surface area is 169 Å². The Hall–Kier alpha value is -2.41. The SMILES string of the molecule is C=C(F)/C=c1/c(C(=C)/C=C\C2=C(C)C(=C\C)/CC2)c(C(C)C)c(C)c/c1=C/C. The highest BCUT2D eigenvalue weighted by Crippen LogP contribution is 2.32. The van der Waals surface area contributed by atoms with Gasteiger partial charge in [0.25, 0.3) is 0 Å². The van der Waals surface area contributed by atoms with Crippen LogP contribution < -0.4 is 10.4 Å². The maximum Gasteiger partial charge on any atom is 0.116 e. The molecule has 0 amide bonds. The van der Waals surface area contributed by atoms with Crippen LogP contribution in [0.2, 0.25) is 0 Å². The molecule has 0 aromatic heterocycles. The van der Waals surface area contributed by atoms with Crippen LogP contribution in [-0.2, 0) is 0 Å². The fourth-order valence-electron chi connectivity index (χ4n) is 4.22. The van der Waals surface area contributed by atoms with Gasteiger partial charge >= 0.3 is 0 Å². The Bertz CT molecular complexity index is 1010. The van der Waals surface area contributed by atoms with Crippen LogP contribution >= 0.6 is 0 Å². The summed E-state index contributed by atoms with van der Waals surface area (Å²) in [5, 5.41) is 1.88. The predicted molar refractivity (Wildman–Crippen MR) is 123 cm³/mol. The first kappa shape index (κ1) is 21.9. The maximum atomic E-state index is 13.8. The lowest BCUT2D eigenvalue weighted by Gasteiger charge is -2.18. The molecule has 28 heavy (non-hydrogen) atoms. The summed E-state index contributed by atoms with van der Waals surface area (Å²) < 4.78 is 13.8. The van der Waals surface area contributed by atoms with Crippen molar-refractivity contribution in [3.63, 3.8) is 0 Å². The van der Waals surface area contributed by atoms with Crippen molar-refractivity contribution in [1.29, 1.82) is 0 Å². The number of hydrogen-bond acceptors (Lipinski definition) is 0. The molecule has 0 saturated heterocycles. The minimum absolute atomic E-state index is 0.313. The lowest BCUT2D eigenvalue weighted by atomic mass is 9.86. The molecule has 0 unspecified atom stereocenters. The molecule has 0 saturated carbocycles. The van der Waals surface area contributed by atoms with Gasteiger partial charge in [0.05, 0.1) is 0 Å². The Morgan fingerprint density at radius 3 is 2.29 bits per heavy atom. The highest BCUT2D eigenvalue weighted by Gasteiger charge is 2.16. The zero-order valence-electron chi connectivity index (χ0n) is 18.2. The molecule has 0 spiro atoms. The summed E-state index contributed by atoms with van der Waals surface area (Å²) in [6, 6.07) is 2.13. The van der Waals surface area contributed by atoms with E-state index in [0.717, 1.165) is 34.4 Å². The quantitative estimate of drug-likeness (QED) is 0.495. The van der Waals surface area contributed by atoms with Crippen molar-refractivity contribution in [2.24, 2.45) is 0 Å². The molecule has 1 aliphatic rings. The summed E-state index contributed by atoms with van der Waals surface area (Å²) >= 11 is 0. The average Bonchev–Trinajstić information content (AvgIpc) is 2.99. The van der Waals surface area contributed by atoms with Crippen molar-refractivity contribution in [3.8, 4) is 0 Å². The van der Waals surface area contributed by atoms with Gasteiger partial charge in [-0.3, -0.25) is 0 Å². The predicted octanol–water partition coefficient (Wildman–Crippen LogP) is 6.81. The first-order valence-electron chi connectivity index (χ1n) is 10.1. The summed E-state index contributed by atoms with van der Waals surface area (Å²) in [7, 11) is 0. The molecule has 0 radical (unpaired) electrons. The summed E-state index contributed by atoms with van der Waals surface area (Å²) in [4.78, 5) is 0. The van der Waals surface area contributed by atoms with E-state index in [1.54, 1.807) is 0 Å². The number of benzene rings is 1. The number of aryl methyl sites for hydroxylation is 1. The first-order chi connectivity index (χ1) is 13.2. The van der Waals surface area contributed by atoms with E-state index in [9.17, 15) is 4.39 Å².